The van der Waals surface area contributed by atoms with Gasteiger partial charge in [0.1, 0.15) is 5.69 Å². The van der Waals surface area contributed by atoms with E-state index in [0.717, 1.165) is 54.2 Å². The van der Waals surface area contributed by atoms with Crippen LogP contribution in [0.1, 0.15) is 37.3 Å². The number of hydrogen-bond donors (Lipinski definition) is 0. The molecule has 0 bridgehead atoms. The summed E-state index contributed by atoms with van der Waals surface area (Å²) < 4.78 is 5.86. The van der Waals surface area contributed by atoms with Crippen molar-refractivity contribution in [1.29, 1.82) is 0 Å². The van der Waals surface area contributed by atoms with Gasteiger partial charge in [-0.1, -0.05) is 65.8 Å². The summed E-state index contributed by atoms with van der Waals surface area (Å²) >= 11 is 0. The highest BCUT2D eigenvalue weighted by atomic mass is 16.5. The molecule has 4 rings (SSSR count). The third kappa shape index (κ3) is 4.50. The highest BCUT2D eigenvalue weighted by Gasteiger charge is 2.26. The first-order valence-electron chi connectivity index (χ1n) is 10.3. The zero-order chi connectivity index (χ0) is 20.1. The van der Waals surface area contributed by atoms with Crippen LogP contribution in [0.15, 0.2) is 65.2 Å². The van der Waals surface area contributed by atoms with Gasteiger partial charge in [0, 0.05) is 32.1 Å². The lowest BCUT2D eigenvalue weighted by Crippen LogP contribution is -2.32. The normalized spacial score (nSPS) is 14.0. The summed E-state index contributed by atoms with van der Waals surface area (Å²) in [6.07, 6.45) is 3.56. The molecule has 0 unspecified atom stereocenters. The van der Waals surface area contributed by atoms with E-state index in [1.807, 2.05) is 65.6 Å². The van der Waals surface area contributed by atoms with Gasteiger partial charge >= 0.3 is 0 Å². The van der Waals surface area contributed by atoms with Crippen molar-refractivity contribution in [3.63, 3.8) is 0 Å². The standard InChI is InChI=1S/C24H27N3O2/c1-19(28)27(17-20-11-5-2-6-12-20)18-22-23(21-13-7-3-8-14-21)25-29-24(22)26-15-9-4-10-16-26/h2-3,5-8,11-14H,4,9-10,15-18H2,1H3. The molecule has 1 aliphatic rings. The fraction of sp³-hybridized carbons (Fsp3) is 0.333. The van der Waals surface area contributed by atoms with Crippen molar-refractivity contribution in [1.82, 2.24) is 10.1 Å². The van der Waals surface area contributed by atoms with Gasteiger partial charge in [0.05, 0.1) is 12.1 Å². The Morgan fingerprint density at radius 2 is 1.62 bits per heavy atom. The zero-order valence-corrected chi connectivity index (χ0v) is 16.9. The van der Waals surface area contributed by atoms with Gasteiger partial charge in [0.15, 0.2) is 0 Å². The quantitative estimate of drug-likeness (QED) is 0.603. The third-order valence-electron chi connectivity index (χ3n) is 5.47. The van der Waals surface area contributed by atoms with Gasteiger partial charge in [-0.05, 0) is 24.8 Å². The average Bonchev–Trinajstić information content (AvgIpc) is 3.19. The Kier molecular flexibility index (Phi) is 5.94. The van der Waals surface area contributed by atoms with Gasteiger partial charge < -0.3 is 14.3 Å². The SMILES string of the molecule is CC(=O)N(Cc1ccccc1)Cc1c(-c2ccccc2)noc1N1CCCCC1. The number of benzene rings is 2. The molecule has 1 amide bonds. The maximum absolute atomic E-state index is 12.5. The Balaban J connectivity index is 1.69. The molecule has 5 heteroatoms. The summed E-state index contributed by atoms with van der Waals surface area (Å²) in [6.45, 7) is 4.60. The summed E-state index contributed by atoms with van der Waals surface area (Å²) in [5.74, 6) is 0.849. The van der Waals surface area contributed by atoms with Crippen molar-refractivity contribution in [2.75, 3.05) is 18.0 Å². The number of carbonyl (C=O) groups is 1. The van der Waals surface area contributed by atoms with Crippen LogP contribution >= 0.6 is 0 Å². The van der Waals surface area contributed by atoms with Crippen LogP contribution in [0.3, 0.4) is 0 Å². The lowest BCUT2D eigenvalue weighted by molar-refractivity contribution is -0.130. The van der Waals surface area contributed by atoms with E-state index in [4.69, 9.17) is 4.52 Å². The minimum Gasteiger partial charge on any atom is -0.340 e. The summed E-state index contributed by atoms with van der Waals surface area (Å²) in [5.41, 5.74) is 3.94. The second-order valence-electron chi connectivity index (χ2n) is 7.59. The van der Waals surface area contributed by atoms with E-state index in [1.54, 1.807) is 6.92 Å². The highest BCUT2D eigenvalue weighted by Crippen LogP contribution is 2.34. The molecule has 1 fully saturated rings. The molecule has 29 heavy (non-hydrogen) atoms. The van der Waals surface area contributed by atoms with Gasteiger partial charge in [-0.3, -0.25) is 4.79 Å². The van der Waals surface area contributed by atoms with Crippen LogP contribution in [0.4, 0.5) is 5.88 Å². The van der Waals surface area contributed by atoms with E-state index < -0.39 is 0 Å². The first-order valence-corrected chi connectivity index (χ1v) is 10.3. The van der Waals surface area contributed by atoms with E-state index >= 15 is 0 Å². The van der Waals surface area contributed by atoms with Crippen LogP contribution in [0, 0.1) is 0 Å². The predicted octanol–water partition coefficient (Wildman–Crippen LogP) is 4.88. The van der Waals surface area contributed by atoms with Gasteiger partial charge in [0.2, 0.25) is 11.8 Å². The van der Waals surface area contributed by atoms with Crippen LogP contribution in [0.2, 0.25) is 0 Å². The number of nitrogens with zero attached hydrogens (tertiary/aromatic N) is 3. The number of anilines is 1. The zero-order valence-electron chi connectivity index (χ0n) is 16.9. The van der Waals surface area contributed by atoms with Crippen LogP contribution in [0.25, 0.3) is 11.3 Å². The van der Waals surface area contributed by atoms with E-state index in [2.05, 4.69) is 10.1 Å². The number of aromatic nitrogens is 1. The largest absolute Gasteiger partial charge is 0.340 e. The van der Waals surface area contributed by atoms with Gasteiger partial charge in [-0.15, -0.1) is 0 Å². The van der Waals surface area contributed by atoms with Crippen molar-refractivity contribution in [2.24, 2.45) is 0 Å². The van der Waals surface area contributed by atoms with Crippen molar-refractivity contribution in [3.8, 4) is 11.3 Å². The molecule has 0 spiro atoms. The second kappa shape index (κ2) is 8.95. The maximum Gasteiger partial charge on any atom is 0.232 e. The predicted molar refractivity (Wildman–Crippen MR) is 114 cm³/mol. The van der Waals surface area contributed by atoms with Crippen LogP contribution in [-0.2, 0) is 17.9 Å². The maximum atomic E-state index is 12.5. The number of amides is 1. The Morgan fingerprint density at radius 3 is 2.28 bits per heavy atom. The Labute approximate surface area is 171 Å². The molecule has 3 aromatic rings. The fourth-order valence-electron chi connectivity index (χ4n) is 3.88. The van der Waals surface area contributed by atoms with Gasteiger partial charge in [-0.25, -0.2) is 0 Å². The smallest absolute Gasteiger partial charge is 0.232 e. The molecule has 0 atom stereocenters. The Morgan fingerprint density at radius 1 is 0.966 bits per heavy atom. The van der Waals surface area contributed by atoms with Crippen LogP contribution in [-0.4, -0.2) is 29.1 Å². The minimum atomic E-state index is 0.0404. The summed E-state index contributed by atoms with van der Waals surface area (Å²) in [6, 6.07) is 20.2. The summed E-state index contributed by atoms with van der Waals surface area (Å²) in [7, 11) is 0. The molecule has 0 aliphatic carbocycles. The molecular weight excluding hydrogens is 362 g/mol. The van der Waals surface area contributed by atoms with Gasteiger partial charge in [0.25, 0.3) is 0 Å². The van der Waals surface area contributed by atoms with Crippen molar-refractivity contribution >= 4 is 11.8 Å². The molecule has 1 aromatic heterocycles. The summed E-state index contributed by atoms with van der Waals surface area (Å²) in [4.78, 5) is 16.6. The van der Waals surface area contributed by atoms with Crippen LogP contribution < -0.4 is 4.90 Å². The molecule has 0 radical (unpaired) electrons. The first kappa shape index (κ1) is 19.2. The third-order valence-corrected chi connectivity index (χ3v) is 5.47. The van der Waals surface area contributed by atoms with Crippen molar-refractivity contribution < 1.29 is 9.32 Å². The topological polar surface area (TPSA) is 49.6 Å². The molecule has 2 aromatic carbocycles. The molecule has 0 saturated carbocycles. The molecule has 0 N–H and O–H groups in total. The summed E-state index contributed by atoms with van der Waals surface area (Å²) in [5, 5.41) is 4.43. The van der Waals surface area contributed by atoms with E-state index in [0.29, 0.717) is 13.1 Å². The van der Waals surface area contributed by atoms with E-state index in [9.17, 15) is 4.79 Å². The van der Waals surface area contributed by atoms with Crippen molar-refractivity contribution in [3.05, 3.63) is 71.8 Å². The van der Waals surface area contributed by atoms with Crippen LogP contribution in [0.5, 0.6) is 0 Å². The molecule has 150 valence electrons. The Bertz CT molecular complexity index is 931. The number of carbonyl (C=O) groups excluding carboxylic acids is 1. The van der Waals surface area contributed by atoms with Gasteiger partial charge in [-0.2, -0.15) is 0 Å². The average molecular weight is 389 g/mol. The Hall–Kier alpha value is -3.08. The fourth-order valence-corrected chi connectivity index (χ4v) is 3.88. The monoisotopic (exact) mass is 389 g/mol. The lowest BCUT2D eigenvalue weighted by atomic mass is 10.0. The van der Waals surface area contributed by atoms with E-state index in [-0.39, 0.29) is 5.91 Å². The molecule has 5 nitrogen and oxygen atoms in total. The molecule has 1 aliphatic heterocycles. The molecular formula is C24H27N3O2. The lowest BCUT2D eigenvalue weighted by Gasteiger charge is -2.28. The number of rotatable bonds is 6. The molecule has 1 saturated heterocycles. The minimum absolute atomic E-state index is 0.0404. The number of hydrogen-bond acceptors (Lipinski definition) is 4. The number of piperidine rings is 1. The van der Waals surface area contributed by atoms with E-state index in [1.165, 1.54) is 6.42 Å². The highest BCUT2D eigenvalue weighted by molar-refractivity contribution is 5.75. The first-order chi connectivity index (χ1) is 14.2. The van der Waals surface area contributed by atoms with Crippen molar-refractivity contribution in [2.45, 2.75) is 39.3 Å². The second-order valence-corrected chi connectivity index (χ2v) is 7.59. The molecule has 2 heterocycles.